The minimum atomic E-state index is -0.426. The van der Waals surface area contributed by atoms with E-state index >= 15 is 0 Å². The lowest BCUT2D eigenvalue weighted by Gasteiger charge is -2.15. The topological polar surface area (TPSA) is 68.5 Å². The number of hydrogen-bond donors (Lipinski definition) is 1. The zero-order valence-corrected chi connectivity index (χ0v) is 15.1. The Morgan fingerprint density at radius 3 is 2.80 bits per heavy atom. The van der Waals surface area contributed by atoms with E-state index in [1.165, 1.54) is 6.07 Å². The van der Waals surface area contributed by atoms with Gasteiger partial charge in [0.1, 0.15) is 11.3 Å². The molecule has 0 saturated carbocycles. The third kappa shape index (κ3) is 4.48. The minimum Gasteiger partial charge on any atom is -0.484 e. The van der Waals surface area contributed by atoms with E-state index in [4.69, 9.17) is 9.15 Å². The Balaban J connectivity index is 1.61. The van der Waals surface area contributed by atoms with Crippen LogP contribution in [0.1, 0.15) is 18.5 Å². The van der Waals surface area contributed by atoms with E-state index in [1.54, 1.807) is 24.3 Å². The summed E-state index contributed by atoms with van der Waals surface area (Å²) in [5, 5.41) is 3.67. The van der Waals surface area contributed by atoms with Gasteiger partial charge >= 0.3 is 5.63 Å². The van der Waals surface area contributed by atoms with E-state index in [0.29, 0.717) is 11.3 Å². The number of carbonyl (C=O) groups is 1. The number of fused-ring (bicyclic) bond motifs is 1. The average Bonchev–Trinajstić information content (AvgIpc) is 2.59. The van der Waals surface area contributed by atoms with Gasteiger partial charge in [0.15, 0.2) is 6.61 Å². The molecule has 0 radical (unpaired) electrons. The van der Waals surface area contributed by atoms with Crippen molar-refractivity contribution < 1.29 is 13.9 Å². The van der Waals surface area contributed by atoms with Gasteiger partial charge in [-0.1, -0.05) is 28.1 Å². The van der Waals surface area contributed by atoms with Crippen LogP contribution in [0.4, 0.5) is 0 Å². The van der Waals surface area contributed by atoms with Gasteiger partial charge in [-0.05, 0) is 42.8 Å². The summed E-state index contributed by atoms with van der Waals surface area (Å²) < 4.78 is 11.6. The smallest absolute Gasteiger partial charge is 0.336 e. The largest absolute Gasteiger partial charge is 0.484 e. The van der Waals surface area contributed by atoms with Crippen LogP contribution in [0.15, 0.2) is 68.3 Å². The molecule has 3 aromatic rings. The monoisotopic (exact) mass is 401 g/mol. The first-order valence-electron chi connectivity index (χ1n) is 7.73. The van der Waals surface area contributed by atoms with Crippen LogP contribution in [0, 0.1) is 0 Å². The zero-order chi connectivity index (χ0) is 17.8. The van der Waals surface area contributed by atoms with Crippen LogP contribution in [0.5, 0.6) is 5.75 Å². The second-order valence-electron chi connectivity index (χ2n) is 5.59. The highest BCUT2D eigenvalue weighted by molar-refractivity contribution is 9.10. The van der Waals surface area contributed by atoms with Crippen LogP contribution < -0.4 is 15.7 Å². The number of hydrogen-bond acceptors (Lipinski definition) is 4. The molecule has 0 saturated heterocycles. The summed E-state index contributed by atoms with van der Waals surface area (Å²) in [6.45, 7) is 1.78. The lowest BCUT2D eigenvalue weighted by atomic mass is 10.1. The number of halogens is 1. The van der Waals surface area contributed by atoms with E-state index in [-0.39, 0.29) is 18.6 Å². The maximum atomic E-state index is 12.1. The molecule has 1 amide bonds. The van der Waals surface area contributed by atoms with Gasteiger partial charge in [-0.15, -0.1) is 0 Å². The highest BCUT2D eigenvalue weighted by atomic mass is 79.9. The van der Waals surface area contributed by atoms with Gasteiger partial charge in [-0.3, -0.25) is 4.79 Å². The Labute approximate surface area is 152 Å². The van der Waals surface area contributed by atoms with Crippen LogP contribution in [0.2, 0.25) is 0 Å². The molecule has 1 aromatic heterocycles. The molecule has 25 heavy (non-hydrogen) atoms. The van der Waals surface area contributed by atoms with Crippen LogP contribution in [0.3, 0.4) is 0 Å². The van der Waals surface area contributed by atoms with Crippen molar-refractivity contribution in [2.24, 2.45) is 0 Å². The van der Waals surface area contributed by atoms with Gasteiger partial charge < -0.3 is 14.5 Å². The van der Waals surface area contributed by atoms with Crippen molar-refractivity contribution in [1.29, 1.82) is 0 Å². The molecule has 0 fully saturated rings. The number of nitrogens with one attached hydrogen (secondary N) is 1. The molecule has 0 spiro atoms. The maximum absolute atomic E-state index is 12.1. The fourth-order valence-electron chi connectivity index (χ4n) is 2.42. The second-order valence-corrected chi connectivity index (χ2v) is 6.50. The predicted octanol–water partition coefficient (Wildman–Crippen LogP) is 3.81. The first-order valence-corrected chi connectivity index (χ1v) is 8.52. The molecule has 1 heterocycles. The van der Waals surface area contributed by atoms with Gasteiger partial charge in [-0.2, -0.15) is 0 Å². The standard InChI is InChI=1S/C19H16BrNO4/c1-12(14-3-2-4-15(20)9-14)21-18(22)11-24-16-7-5-13-6-8-19(23)25-17(13)10-16/h2-10,12H,11H2,1H3,(H,21,22). The third-order valence-electron chi connectivity index (χ3n) is 3.69. The molecule has 1 N–H and O–H groups in total. The molecular weight excluding hydrogens is 386 g/mol. The normalized spacial score (nSPS) is 11.9. The van der Waals surface area contributed by atoms with Crippen LogP contribution in [-0.2, 0) is 4.79 Å². The molecule has 6 heteroatoms. The first-order chi connectivity index (χ1) is 12.0. The molecule has 3 rings (SSSR count). The molecule has 1 unspecified atom stereocenters. The highest BCUT2D eigenvalue weighted by Crippen LogP contribution is 2.20. The summed E-state index contributed by atoms with van der Waals surface area (Å²) in [5.41, 5.74) is 0.994. The molecule has 1 atom stereocenters. The van der Waals surface area contributed by atoms with Crippen LogP contribution in [-0.4, -0.2) is 12.5 Å². The van der Waals surface area contributed by atoms with E-state index in [0.717, 1.165) is 15.4 Å². The lowest BCUT2D eigenvalue weighted by molar-refractivity contribution is -0.123. The quantitative estimate of drug-likeness (QED) is 0.659. The summed E-state index contributed by atoms with van der Waals surface area (Å²) in [6.07, 6.45) is 0. The molecule has 0 aliphatic carbocycles. The predicted molar refractivity (Wildman–Crippen MR) is 98.7 cm³/mol. The van der Waals surface area contributed by atoms with Gasteiger partial charge in [0.25, 0.3) is 5.91 Å². The highest BCUT2D eigenvalue weighted by Gasteiger charge is 2.11. The van der Waals surface area contributed by atoms with Gasteiger partial charge in [-0.25, -0.2) is 4.79 Å². The molecular formula is C19H16BrNO4. The van der Waals surface area contributed by atoms with Gasteiger partial charge in [0.2, 0.25) is 0 Å². The lowest BCUT2D eigenvalue weighted by Crippen LogP contribution is -2.31. The van der Waals surface area contributed by atoms with Crippen molar-refractivity contribution in [3.63, 3.8) is 0 Å². The number of amides is 1. The van der Waals surface area contributed by atoms with Crippen molar-refractivity contribution >= 4 is 32.8 Å². The van der Waals surface area contributed by atoms with Crippen molar-refractivity contribution in [1.82, 2.24) is 5.32 Å². The van der Waals surface area contributed by atoms with Crippen molar-refractivity contribution in [3.05, 3.63) is 75.1 Å². The van der Waals surface area contributed by atoms with Crippen molar-refractivity contribution in [2.45, 2.75) is 13.0 Å². The minimum absolute atomic E-state index is 0.124. The van der Waals surface area contributed by atoms with E-state index < -0.39 is 5.63 Å². The number of ether oxygens (including phenoxy) is 1. The maximum Gasteiger partial charge on any atom is 0.336 e. The fraction of sp³-hybridized carbons (Fsp3) is 0.158. The number of carbonyl (C=O) groups excluding carboxylic acids is 1. The zero-order valence-electron chi connectivity index (χ0n) is 13.5. The van der Waals surface area contributed by atoms with E-state index in [2.05, 4.69) is 21.2 Å². The second kappa shape index (κ2) is 7.53. The number of benzene rings is 2. The molecule has 0 aliphatic rings. The van der Waals surface area contributed by atoms with Crippen LogP contribution in [0.25, 0.3) is 11.0 Å². The van der Waals surface area contributed by atoms with Crippen LogP contribution >= 0.6 is 15.9 Å². The van der Waals surface area contributed by atoms with Crippen molar-refractivity contribution in [3.8, 4) is 5.75 Å². The third-order valence-corrected chi connectivity index (χ3v) is 4.18. The number of rotatable bonds is 5. The molecule has 2 aromatic carbocycles. The summed E-state index contributed by atoms with van der Waals surface area (Å²) in [4.78, 5) is 23.3. The van der Waals surface area contributed by atoms with Crippen molar-refractivity contribution in [2.75, 3.05) is 6.61 Å². The average molecular weight is 402 g/mol. The Hall–Kier alpha value is -2.60. The van der Waals surface area contributed by atoms with E-state index in [1.807, 2.05) is 31.2 Å². The molecule has 0 bridgehead atoms. The summed E-state index contributed by atoms with van der Waals surface area (Å²) in [5.74, 6) is 0.231. The van der Waals surface area contributed by atoms with Gasteiger partial charge in [0.05, 0.1) is 6.04 Å². The Bertz CT molecular complexity index is 967. The van der Waals surface area contributed by atoms with E-state index in [9.17, 15) is 9.59 Å². The molecule has 0 aliphatic heterocycles. The molecule has 5 nitrogen and oxygen atoms in total. The molecule has 128 valence electrons. The summed E-state index contributed by atoms with van der Waals surface area (Å²) >= 11 is 3.41. The SMILES string of the molecule is CC(NC(=O)COc1ccc2ccc(=O)oc2c1)c1cccc(Br)c1. The Morgan fingerprint density at radius 2 is 2.00 bits per heavy atom. The first kappa shape index (κ1) is 17.2. The summed E-state index contributed by atoms with van der Waals surface area (Å²) in [7, 11) is 0. The summed E-state index contributed by atoms with van der Waals surface area (Å²) in [6, 6.07) is 15.8. The Kier molecular flexibility index (Phi) is 5.19. The fourth-order valence-corrected chi connectivity index (χ4v) is 2.84. The van der Waals surface area contributed by atoms with Gasteiger partial charge in [0, 0.05) is 22.0 Å². The Morgan fingerprint density at radius 1 is 1.20 bits per heavy atom.